The summed E-state index contributed by atoms with van der Waals surface area (Å²) in [6.45, 7) is 1.85. The van der Waals surface area contributed by atoms with Gasteiger partial charge in [0.2, 0.25) is 5.43 Å². The first-order valence-electron chi connectivity index (χ1n) is 6.22. The van der Waals surface area contributed by atoms with Gasteiger partial charge in [0.05, 0.1) is 10.8 Å². The van der Waals surface area contributed by atoms with Crippen molar-refractivity contribution in [2.24, 2.45) is 0 Å². The minimum absolute atomic E-state index is 0. The van der Waals surface area contributed by atoms with Crippen molar-refractivity contribution in [2.45, 2.75) is 13.3 Å². The quantitative estimate of drug-likeness (QED) is 0.428. The third-order valence-corrected chi connectivity index (χ3v) is 3.34. The number of fused-ring (bicyclic) bond motifs is 2. The molecule has 2 aromatic carbocycles. The number of carbonyl (C=O) groups excluding carboxylic acids is 1. The first-order valence-corrected chi connectivity index (χ1v) is 6.22. The Labute approximate surface area is 142 Å². The molecule has 0 amide bonds. The van der Waals surface area contributed by atoms with E-state index >= 15 is 0 Å². The zero-order chi connectivity index (χ0) is 14.3. The third-order valence-electron chi connectivity index (χ3n) is 3.34. The second kappa shape index (κ2) is 6.02. The Hall–Kier alpha value is -1.62. The maximum Gasteiger partial charge on any atom is 1.00 e. The summed E-state index contributed by atoms with van der Waals surface area (Å²) < 4.78 is 5.80. The first kappa shape index (κ1) is 15.8. The minimum Gasteiger partial charge on any atom is -0.550 e. The SMILES string of the molecule is Cc1cccc2c(=O)c3cccc(CC(=O)[O-])c3oc12.[Na+]. The third kappa shape index (κ3) is 2.75. The molecule has 4 nitrogen and oxygen atoms in total. The van der Waals surface area contributed by atoms with Crippen molar-refractivity contribution < 1.29 is 43.9 Å². The van der Waals surface area contributed by atoms with Gasteiger partial charge in [0.25, 0.3) is 0 Å². The molecule has 0 atom stereocenters. The molecule has 3 aromatic rings. The van der Waals surface area contributed by atoms with Crippen LogP contribution in [0, 0.1) is 6.92 Å². The normalized spacial score (nSPS) is 10.5. The fourth-order valence-corrected chi connectivity index (χ4v) is 2.39. The number of carboxylic acids is 1. The van der Waals surface area contributed by atoms with E-state index in [0.717, 1.165) is 5.56 Å². The van der Waals surface area contributed by atoms with Gasteiger partial charge in [-0.25, -0.2) is 0 Å². The van der Waals surface area contributed by atoms with Crippen LogP contribution in [-0.4, -0.2) is 5.97 Å². The summed E-state index contributed by atoms with van der Waals surface area (Å²) >= 11 is 0. The molecule has 0 bridgehead atoms. The monoisotopic (exact) mass is 290 g/mol. The van der Waals surface area contributed by atoms with Gasteiger partial charge in [-0.15, -0.1) is 0 Å². The van der Waals surface area contributed by atoms with Crippen LogP contribution in [0.2, 0.25) is 0 Å². The number of aryl methyl sites for hydroxylation is 1. The van der Waals surface area contributed by atoms with Crippen LogP contribution in [0.1, 0.15) is 11.1 Å². The van der Waals surface area contributed by atoms with Gasteiger partial charge in [-0.2, -0.15) is 0 Å². The van der Waals surface area contributed by atoms with E-state index in [0.29, 0.717) is 27.5 Å². The van der Waals surface area contributed by atoms with E-state index in [-0.39, 0.29) is 41.4 Å². The molecule has 0 saturated carbocycles. The van der Waals surface area contributed by atoms with Crippen LogP contribution in [0.5, 0.6) is 0 Å². The van der Waals surface area contributed by atoms with Crippen molar-refractivity contribution >= 4 is 27.9 Å². The second-order valence-electron chi connectivity index (χ2n) is 4.73. The van der Waals surface area contributed by atoms with E-state index in [1.165, 1.54) is 0 Å². The summed E-state index contributed by atoms with van der Waals surface area (Å²) in [7, 11) is 0. The van der Waals surface area contributed by atoms with Crippen LogP contribution < -0.4 is 40.1 Å². The molecule has 0 spiro atoms. The van der Waals surface area contributed by atoms with E-state index in [2.05, 4.69) is 0 Å². The topological polar surface area (TPSA) is 70.3 Å². The minimum atomic E-state index is -1.20. The summed E-state index contributed by atoms with van der Waals surface area (Å²) in [6, 6.07) is 10.3. The van der Waals surface area contributed by atoms with E-state index in [4.69, 9.17) is 4.42 Å². The summed E-state index contributed by atoms with van der Waals surface area (Å²) in [5, 5.41) is 11.7. The van der Waals surface area contributed by atoms with E-state index in [1.54, 1.807) is 30.3 Å². The van der Waals surface area contributed by atoms with Crippen molar-refractivity contribution in [3.63, 3.8) is 0 Å². The number of benzene rings is 2. The first-order chi connectivity index (χ1) is 9.58. The molecular weight excluding hydrogens is 279 g/mol. The van der Waals surface area contributed by atoms with E-state index < -0.39 is 5.97 Å². The number of hydrogen-bond acceptors (Lipinski definition) is 4. The van der Waals surface area contributed by atoms with Crippen LogP contribution in [-0.2, 0) is 11.2 Å². The molecule has 21 heavy (non-hydrogen) atoms. The average molecular weight is 290 g/mol. The van der Waals surface area contributed by atoms with Crippen molar-refractivity contribution in [1.82, 2.24) is 0 Å². The summed E-state index contributed by atoms with van der Waals surface area (Å²) in [6.07, 6.45) is -0.280. The predicted molar refractivity (Wildman–Crippen MR) is 73.4 cm³/mol. The zero-order valence-corrected chi connectivity index (χ0v) is 13.8. The number of aliphatic carboxylic acids is 1. The van der Waals surface area contributed by atoms with Gasteiger partial charge in [0.1, 0.15) is 11.2 Å². The molecule has 0 fully saturated rings. The van der Waals surface area contributed by atoms with Crippen molar-refractivity contribution in [2.75, 3.05) is 0 Å². The Morgan fingerprint density at radius 2 is 1.71 bits per heavy atom. The Morgan fingerprint density at radius 3 is 2.38 bits per heavy atom. The molecule has 0 aliphatic carbocycles. The Balaban J connectivity index is 0.00000161. The Morgan fingerprint density at radius 1 is 1.10 bits per heavy atom. The molecule has 0 N–H and O–H groups in total. The maximum atomic E-state index is 12.5. The summed E-state index contributed by atoms with van der Waals surface area (Å²) in [5.74, 6) is -1.20. The molecular formula is C16H11NaO4. The van der Waals surface area contributed by atoms with Gasteiger partial charge in [0, 0.05) is 18.0 Å². The predicted octanol–water partition coefficient (Wildman–Crippen LogP) is -1.45. The summed E-state index contributed by atoms with van der Waals surface area (Å²) in [5.41, 5.74) is 1.96. The van der Waals surface area contributed by atoms with Gasteiger partial charge in [-0.1, -0.05) is 24.3 Å². The molecule has 0 radical (unpaired) electrons. The molecule has 0 saturated heterocycles. The van der Waals surface area contributed by atoms with Gasteiger partial charge < -0.3 is 14.3 Å². The van der Waals surface area contributed by atoms with Crippen LogP contribution in [0.15, 0.2) is 45.6 Å². The largest absolute Gasteiger partial charge is 1.00 e. The molecule has 0 unspecified atom stereocenters. The van der Waals surface area contributed by atoms with Crippen LogP contribution in [0.4, 0.5) is 0 Å². The average Bonchev–Trinajstić information content (AvgIpc) is 2.41. The molecule has 1 heterocycles. The van der Waals surface area contributed by atoms with Gasteiger partial charge in [-0.3, -0.25) is 4.79 Å². The summed E-state index contributed by atoms with van der Waals surface area (Å²) in [4.78, 5) is 23.3. The van der Waals surface area contributed by atoms with Gasteiger partial charge in [0.15, 0.2) is 0 Å². The number of carbonyl (C=O) groups is 1. The van der Waals surface area contributed by atoms with E-state index in [9.17, 15) is 14.7 Å². The smallest absolute Gasteiger partial charge is 0.550 e. The molecule has 5 heteroatoms. The van der Waals surface area contributed by atoms with Crippen LogP contribution in [0.3, 0.4) is 0 Å². The molecule has 0 aliphatic rings. The number of para-hydroxylation sites is 2. The molecule has 3 rings (SSSR count). The molecule has 100 valence electrons. The van der Waals surface area contributed by atoms with Crippen molar-refractivity contribution in [3.05, 3.63) is 57.7 Å². The molecule has 1 aromatic heterocycles. The zero-order valence-electron chi connectivity index (χ0n) is 11.8. The standard InChI is InChI=1S/C16H12O4.Na/c1-9-4-2-6-11-14(19)12-7-3-5-10(8-13(17)18)16(12)20-15(9)11;/h2-7H,8H2,1H3,(H,17,18);/q;+1/p-1. The fraction of sp³-hybridized carbons (Fsp3) is 0.125. The van der Waals surface area contributed by atoms with E-state index in [1.807, 2.05) is 13.0 Å². The maximum absolute atomic E-state index is 12.5. The second-order valence-corrected chi connectivity index (χ2v) is 4.73. The van der Waals surface area contributed by atoms with Crippen LogP contribution in [0.25, 0.3) is 21.9 Å². The number of hydrogen-bond donors (Lipinski definition) is 0. The Kier molecular flexibility index (Phi) is 4.52. The van der Waals surface area contributed by atoms with Crippen LogP contribution >= 0.6 is 0 Å². The van der Waals surface area contributed by atoms with Crippen molar-refractivity contribution in [3.8, 4) is 0 Å². The van der Waals surface area contributed by atoms with Crippen molar-refractivity contribution in [1.29, 1.82) is 0 Å². The molecule has 0 aliphatic heterocycles. The number of rotatable bonds is 2. The van der Waals surface area contributed by atoms with Gasteiger partial charge in [-0.05, 0) is 24.6 Å². The number of carboxylic acid groups (broad SMARTS) is 1. The Bertz CT molecular complexity index is 896. The van der Waals surface area contributed by atoms with Gasteiger partial charge >= 0.3 is 29.6 Å². The fourth-order valence-electron chi connectivity index (χ4n) is 2.39.